The molecule has 0 atom stereocenters. The minimum atomic E-state index is -0.446. The van der Waals surface area contributed by atoms with E-state index in [1.165, 1.54) is 12.3 Å². The Bertz CT molecular complexity index is 1220. The molecule has 5 nitrogen and oxygen atoms in total. The maximum atomic E-state index is 13.8. The number of carbonyl (C=O) groups excluding carboxylic acids is 1. The van der Waals surface area contributed by atoms with Gasteiger partial charge in [0.05, 0.1) is 11.9 Å². The second kappa shape index (κ2) is 7.67. The highest BCUT2D eigenvalue weighted by atomic mass is 19.1. The van der Waals surface area contributed by atoms with E-state index >= 15 is 0 Å². The highest BCUT2D eigenvalue weighted by molar-refractivity contribution is 5.95. The predicted octanol–water partition coefficient (Wildman–Crippen LogP) is 4.89. The molecular weight excluding hydrogens is 369 g/mol. The first-order chi connectivity index (χ1) is 14.0. The molecule has 29 heavy (non-hydrogen) atoms. The summed E-state index contributed by atoms with van der Waals surface area (Å²) in [6.45, 7) is 1.97. The second-order valence-corrected chi connectivity index (χ2v) is 6.55. The summed E-state index contributed by atoms with van der Waals surface area (Å²) in [5.41, 5.74) is 8.67. The molecule has 4 aromatic rings. The SMILES string of the molecule is CCc1cc(-c2cc(Oc3cnc4c(F)cccc4c3)ccn2)ccc1C(N)=O. The third-order valence-corrected chi connectivity index (χ3v) is 4.65. The summed E-state index contributed by atoms with van der Waals surface area (Å²) in [4.78, 5) is 20.1. The Morgan fingerprint density at radius 3 is 2.72 bits per heavy atom. The van der Waals surface area contributed by atoms with E-state index in [0.29, 0.717) is 40.1 Å². The third-order valence-electron chi connectivity index (χ3n) is 4.65. The molecule has 0 aliphatic heterocycles. The number of hydrogen-bond acceptors (Lipinski definition) is 4. The molecule has 0 bridgehead atoms. The zero-order valence-corrected chi connectivity index (χ0v) is 15.7. The van der Waals surface area contributed by atoms with Gasteiger partial charge in [-0.3, -0.25) is 9.78 Å². The lowest BCUT2D eigenvalue weighted by atomic mass is 9.99. The van der Waals surface area contributed by atoms with E-state index in [4.69, 9.17) is 10.5 Å². The fourth-order valence-corrected chi connectivity index (χ4v) is 3.21. The van der Waals surface area contributed by atoms with Crippen LogP contribution in [0.4, 0.5) is 4.39 Å². The van der Waals surface area contributed by atoms with E-state index in [1.807, 2.05) is 19.1 Å². The summed E-state index contributed by atoms with van der Waals surface area (Å²) in [5.74, 6) is 0.258. The van der Waals surface area contributed by atoms with E-state index in [0.717, 1.165) is 11.1 Å². The molecule has 144 valence electrons. The number of aryl methyl sites for hydroxylation is 1. The Morgan fingerprint density at radius 1 is 1.07 bits per heavy atom. The number of ether oxygens (including phenoxy) is 1. The lowest BCUT2D eigenvalue weighted by molar-refractivity contribution is 0.0999. The zero-order valence-electron chi connectivity index (χ0n) is 15.7. The molecule has 4 rings (SSSR count). The molecule has 2 N–H and O–H groups in total. The quantitative estimate of drug-likeness (QED) is 0.529. The molecule has 0 unspecified atom stereocenters. The number of rotatable bonds is 5. The average Bonchev–Trinajstić information content (AvgIpc) is 2.73. The first-order valence-electron chi connectivity index (χ1n) is 9.16. The van der Waals surface area contributed by atoms with Crippen LogP contribution in [0.15, 0.2) is 67.0 Å². The van der Waals surface area contributed by atoms with Gasteiger partial charge in [0, 0.05) is 28.8 Å². The van der Waals surface area contributed by atoms with Gasteiger partial charge in [0.1, 0.15) is 22.8 Å². The maximum Gasteiger partial charge on any atom is 0.248 e. The standard InChI is InChI=1S/C23H18FN3O2/c1-2-14-10-15(6-7-19(14)23(25)28)21-12-17(8-9-26-21)29-18-11-16-4-3-5-20(24)22(16)27-13-18/h3-13H,2H2,1H3,(H2,25,28). The van der Waals surface area contributed by atoms with Crippen molar-refractivity contribution in [3.63, 3.8) is 0 Å². The minimum Gasteiger partial charge on any atom is -0.456 e. The molecule has 0 radical (unpaired) electrons. The van der Waals surface area contributed by atoms with Crippen LogP contribution in [0, 0.1) is 5.82 Å². The van der Waals surface area contributed by atoms with Gasteiger partial charge in [0.2, 0.25) is 5.91 Å². The topological polar surface area (TPSA) is 78.1 Å². The Kier molecular flexibility index (Phi) is 4.91. The number of carbonyl (C=O) groups is 1. The fourth-order valence-electron chi connectivity index (χ4n) is 3.21. The predicted molar refractivity (Wildman–Crippen MR) is 109 cm³/mol. The molecule has 6 heteroatoms. The molecule has 0 aliphatic carbocycles. The highest BCUT2D eigenvalue weighted by Crippen LogP contribution is 2.28. The molecule has 0 aliphatic rings. The summed E-state index contributed by atoms with van der Waals surface area (Å²) >= 11 is 0. The molecule has 2 aromatic heterocycles. The monoisotopic (exact) mass is 387 g/mol. The first kappa shape index (κ1) is 18.6. The molecule has 0 fully saturated rings. The molecule has 1 amide bonds. The van der Waals surface area contributed by atoms with Gasteiger partial charge < -0.3 is 10.5 Å². The summed E-state index contributed by atoms with van der Waals surface area (Å²) < 4.78 is 19.7. The normalized spacial score (nSPS) is 10.8. The number of amides is 1. The number of para-hydroxylation sites is 1. The molecule has 0 spiro atoms. The van der Waals surface area contributed by atoms with Crippen molar-refractivity contribution in [2.45, 2.75) is 13.3 Å². The van der Waals surface area contributed by atoms with Gasteiger partial charge in [0.25, 0.3) is 0 Å². The van der Waals surface area contributed by atoms with Gasteiger partial charge in [-0.2, -0.15) is 0 Å². The maximum absolute atomic E-state index is 13.8. The minimum absolute atomic E-state index is 0.303. The van der Waals surface area contributed by atoms with Crippen molar-refractivity contribution in [2.24, 2.45) is 5.73 Å². The average molecular weight is 387 g/mol. The number of hydrogen-bond donors (Lipinski definition) is 1. The van der Waals surface area contributed by atoms with Gasteiger partial charge in [-0.05, 0) is 42.3 Å². The number of primary amides is 1. The van der Waals surface area contributed by atoms with E-state index in [2.05, 4.69) is 9.97 Å². The van der Waals surface area contributed by atoms with Gasteiger partial charge in [-0.25, -0.2) is 9.37 Å². The number of halogens is 1. The summed E-state index contributed by atoms with van der Waals surface area (Å²) in [5, 5.41) is 0.659. The molecular formula is C23H18FN3O2. The van der Waals surface area contributed by atoms with E-state index in [-0.39, 0.29) is 5.82 Å². The number of nitrogens with zero attached hydrogens (tertiary/aromatic N) is 2. The summed E-state index contributed by atoms with van der Waals surface area (Å²) in [6, 6.07) is 15.5. The van der Waals surface area contributed by atoms with Crippen LogP contribution in [0.2, 0.25) is 0 Å². The van der Waals surface area contributed by atoms with Crippen molar-refractivity contribution >= 4 is 16.8 Å². The number of benzene rings is 2. The first-order valence-corrected chi connectivity index (χ1v) is 9.16. The zero-order chi connectivity index (χ0) is 20.4. The number of pyridine rings is 2. The number of nitrogens with two attached hydrogens (primary N) is 1. The molecule has 0 saturated carbocycles. The van der Waals surface area contributed by atoms with Crippen molar-refractivity contribution in [1.29, 1.82) is 0 Å². The van der Waals surface area contributed by atoms with E-state index in [1.54, 1.807) is 42.6 Å². The van der Waals surface area contributed by atoms with Crippen molar-refractivity contribution in [2.75, 3.05) is 0 Å². The lowest BCUT2D eigenvalue weighted by Gasteiger charge is -2.10. The summed E-state index contributed by atoms with van der Waals surface area (Å²) in [6.07, 6.45) is 3.82. The van der Waals surface area contributed by atoms with Crippen LogP contribution in [0.5, 0.6) is 11.5 Å². The highest BCUT2D eigenvalue weighted by Gasteiger charge is 2.10. The van der Waals surface area contributed by atoms with Gasteiger partial charge in [-0.15, -0.1) is 0 Å². The smallest absolute Gasteiger partial charge is 0.248 e. The van der Waals surface area contributed by atoms with Crippen molar-refractivity contribution < 1.29 is 13.9 Å². The molecule has 2 aromatic carbocycles. The third kappa shape index (κ3) is 3.78. The Labute approximate surface area is 167 Å². The largest absolute Gasteiger partial charge is 0.456 e. The van der Waals surface area contributed by atoms with E-state index in [9.17, 15) is 9.18 Å². The summed E-state index contributed by atoms with van der Waals surface area (Å²) in [7, 11) is 0. The lowest BCUT2D eigenvalue weighted by Crippen LogP contribution is -2.13. The molecule has 0 saturated heterocycles. The van der Waals surface area contributed by atoms with Crippen LogP contribution >= 0.6 is 0 Å². The van der Waals surface area contributed by atoms with Crippen LogP contribution in [0.1, 0.15) is 22.8 Å². The van der Waals surface area contributed by atoms with Crippen molar-refractivity contribution in [1.82, 2.24) is 9.97 Å². The van der Waals surface area contributed by atoms with Gasteiger partial charge in [0.15, 0.2) is 0 Å². The van der Waals surface area contributed by atoms with Gasteiger partial charge in [-0.1, -0.05) is 25.1 Å². The molecule has 2 heterocycles. The fraction of sp³-hybridized carbons (Fsp3) is 0.0870. The van der Waals surface area contributed by atoms with Crippen LogP contribution in [0.25, 0.3) is 22.2 Å². The second-order valence-electron chi connectivity index (χ2n) is 6.55. The Morgan fingerprint density at radius 2 is 1.93 bits per heavy atom. The van der Waals surface area contributed by atoms with Crippen LogP contribution in [-0.4, -0.2) is 15.9 Å². The Hall–Kier alpha value is -3.80. The van der Waals surface area contributed by atoms with Crippen LogP contribution < -0.4 is 10.5 Å². The van der Waals surface area contributed by atoms with Gasteiger partial charge >= 0.3 is 0 Å². The number of fused-ring (bicyclic) bond motifs is 1. The number of aromatic nitrogens is 2. The van der Waals surface area contributed by atoms with Crippen molar-refractivity contribution in [3.8, 4) is 22.8 Å². The van der Waals surface area contributed by atoms with Crippen molar-refractivity contribution in [3.05, 3.63) is 83.9 Å². The Balaban J connectivity index is 1.65. The van der Waals surface area contributed by atoms with Crippen LogP contribution in [0.3, 0.4) is 0 Å². The van der Waals surface area contributed by atoms with E-state index < -0.39 is 5.91 Å². The van der Waals surface area contributed by atoms with Crippen LogP contribution in [-0.2, 0) is 6.42 Å².